The molecule has 0 aliphatic carbocycles. The molecule has 0 fully saturated rings. The minimum Gasteiger partial charge on any atom is -0.338 e. The van der Waals surface area contributed by atoms with E-state index in [4.69, 9.17) is 5.73 Å². The zero-order chi connectivity index (χ0) is 13.0. The van der Waals surface area contributed by atoms with Crippen LogP contribution in [-0.4, -0.2) is 23.9 Å². The van der Waals surface area contributed by atoms with Crippen molar-refractivity contribution in [3.8, 4) is 0 Å². The molecule has 0 unspecified atom stereocenters. The van der Waals surface area contributed by atoms with Crippen LogP contribution in [0.1, 0.15) is 24.5 Å². The summed E-state index contributed by atoms with van der Waals surface area (Å²) in [5.41, 5.74) is 9.18. The van der Waals surface area contributed by atoms with Crippen LogP contribution >= 0.6 is 0 Å². The van der Waals surface area contributed by atoms with E-state index >= 15 is 0 Å². The zero-order valence-electron chi connectivity index (χ0n) is 10.9. The van der Waals surface area contributed by atoms with Gasteiger partial charge >= 0.3 is 0 Å². The van der Waals surface area contributed by atoms with Crippen LogP contribution in [0.3, 0.4) is 0 Å². The molecule has 3 heteroatoms. The molecule has 1 aliphatic rings. The molecule has 1 aliphatic heterocycles. The highest BCUT2D eigenvalue weighted by Crippen LogP contribution is 2.14. The summed E-state index contributed by atoms with van der Waals surface area (Å²) in [6.45, 7) is 4.19. The number of nitrogens with zero attached hydrogens (tertiary/aromatic N) is 1. The zero-order valence-corrected chi connectivity index (χ0v) is 10.9. The predicted molar refractivity (Wildman–Crippen MR) is 73.0 cm³/mol. The van der Waals surface area contributed by atoms with Crippen LogP contribution < -0.4 is 5.73 Å². The largest absolute Gasteiger partial charge is 0.338 e. The molecular weight excluding hydrogens is 224 g/mol. The van der Waals surface area contributed by atoms with Crippen molar-refractivity contribution in [1.29, 1.82) is 0 Å². The normalized spacial score (nSPS) is 15.4. The molecule has 2 N–H and O–H groups in total. The van der Waals surface area contributed by atoms with Crippen LogP contribution in [0.2, 0.25) is 0 Å². The Kier molecular flexibility index (Phi) is 4.15. The van der Waals surface area contributed by atoms with Gasteiger partial charge in [-0.25, -0.2) is 0 Å². The van der Waals surface area contributed by atoms with Crippen molar-refractivity contribution in [2.75, 3.05) is 13.1 Å². The fraction of sp³-hybridized carbons (Fsp3) is 0.400. The van der Waals surface area contributed by atoms with Crippen LogP contribution in [0.5, 0.6) is 0 Å². The van der Waals surface area contributed by atoms with Crippen molar-refractivity contribution in [2.45, 2.75) is 26.3 Å². The summed E-state index contributed by atoms with van der Waals surface area (Å²) in [4.78, 5) is 14.1. The van der Waals surface area contributed by atoms with E-state index in [0.717, 1.165) is 30.6 Å². The number of carbonyl (C=O) groups is 1. The predicted octanol–water partition coefficient (Wildman–Crippen LogP) is 1.87. The van der Waals surface area contributed by atoms with Gasteiger partial charge in [0.05, 0.1) is 6.42 Å². The standard InChI is InChI=1S/C15H20N2O/c1-12-6-8-17(9-7-12)15(18)10-13-4-2-3-5-14(13)11-16/h2-6H,7-11,16H2,1H3. The minimum absolute atomic E-state index is 0.194. The Labute approximate surface area is 108 Å². The van der Waals surface area contributed by atoms with E-state index in [-0.39, 0.29) is 5.91 Å². The van der Waals surface area contributed by atoms with Crippen molar-refractivity contribution < 1.29 is 4.79 Å². The lowest BCUT2D eigenvalue weighted by Crippen LogP contribution is -2.35. The minimum atomic E-state index is 0.194. The highest BCUT2D eigenvalue weighted by atomic mass is 16.2. The lowest BCUT2D eigenvalue weighted by atomic mass is 10.0. The first-order valence-corrected chi connectivity index (χ1v) is 6.41. The average Bonchev–Trinajstić information content (AvgIpc) is 2.40. The number of rotatable bonds is 3. The van der Waals surface area contributed by atoms with Crippen LogP contribution in [0, 0.1) is 0 Å². The molecule has 0 bridgehead atoms. The summed E-state index contributed by atoms with van der Waals surface area (Å²) in [7, 11) is 0. The highest BCUT2D eigenvalue weighted by Gasteiger charge is 2.16. The van der Waals surface area contributed by atoms with Gasteiger partial charge in [0.2, 0.25) is 5.91 Å². The molecule has 1 aromatic rings. The first-order chi connectivity index (χ1) is 8.70. The molecule has 0 atom stereocenters. The third-order valence-corrected chi connectivity index (χ3v) is 3.47. The van der Waals surface area contributed by atoms with Crippen molar-refractivity contribution in [1.82, 2.24) is 4.90 Å². The molecule has 96 valence electrons. The number of benzene rings is 1. The van der Waals surface area contributed by atoms with Gasteiger partial charge in [0.1, 0.15) is 0 Å². The first kappa shape index (κ1) is 12.8. The molecule has 0 spiro atoms. The summed E-state index contributed by atoms with van der Waals surface area (Å²) in [5, 5.41) is 0. The van der Waals surface area contributed by atoms with Gasteiger partial charge in [-0.3, -0.25) is 4.79 Å². The van der Waals surface area contributed by atoms with Gasteiger partial charge in [0.15, 0.2) is 0 Å². The van der Waals surface area contributed by atoms with Crippen LogP contribution in [0.4, 0.5) is 0 Å². The number of carbonyl (C=O) groups excluding carboxylic acids is 1. The Hall–Kier alpha value is -1.61. The van der Waals surface area contributed by atoms with Gasteiger partial charge in [0.25, 0.3) is 0 Å². The molecular formula is C15H20N2O. The Morgan fingerprint density at radius 1 is 1.33 bits per heavy atom. The lowest BCUT2D eigenvalue weighted by Gasteiger charge is -2.25. The topological polar surface area (TPSA) is 46.3 Å². The molecule has 1 heterocycles. The maximum atomic E-state index is 12.2. The number of hydrogen-bond acceptors (Lipinski definition) is 2. The van der Waals surface area contributed by atoms with Gasteiger partial charge in [0, 0.05) is 19.6 Å². The molecule has 1 aromatic carbocycles. The summed E-state index contributed by atoms with van der Waals surface area (Å²) < 4.78 is 0. The van der Waals surface area contributed by atoms with E-state index < -0.39 is 0 Å². The molecule has 0 radical (unpaired) electrons. The molecule has 2 rings (SSSR count). The fourth-order valence-corrected chi connectivity index (χ4v) is 2.20. The van der Waals surface area contributed by atoms with E-state index in [0.29, 0.717) is 13.0 Å². The monoisotopic (exact) mass is 244 g/mol. The van der Waals surface area contributed by atoms with Gasteiger partial charge in [-0.1, -0.05) is 35.9 Å². The Bertz CT molecular complexity index is 465. The van der Waals surface area contributed by atoms with E-state index in [1.54, 1.807) is 0 Å². The van der Waals surface area contributed by atoms with Gasteiger partial charge in [-0.2, -0.15) is 0 Å². The lowest BCUT2D eigenvalue weighted by molar-refractivity contribution is -0.130. The van der Waals surface area contributed by atoms with E-state index in [9.17, 15) is 4.79 Å². The molecule has 0 aromatic heterocycles. The third kappa shape index (κ3) is 2.99. The molecule has 1 amide bonds. The van der Waals surface area contributed by atoms with Crippen molar-refractivity contribution in [3.05, 3.63) is 47.0 Å². The number of amides is 1. The molecule has 3 nitrogen and oxygen atoms in total. The number of nitrogens with two attached hydrogens (primary N) is 1. The first-order valence-electron chi connectivity index (χ1n) is 6.41. The maximum absolute atomic E-state index is 12.2. The maximum Gasteiger partial charge on any atom is 0.227 e. The average molecular weight is 244 g/mol. The quantitative estimate of drug-likeness (QED) is 0.825. The van der Waals surface area contributed by atoms with Gasteiger partial charge in [-0.05, 0) is 24.5 Å². The second kappa shape index (κ2) is 5.83. The van der Waals surface area contributed by atoms with Crippen LogP contribution in [0.25, 0.3) is 0 Å². The molecule has 0 saturated carbocycles. The van der Waals surface area contributed by atoms with Crippen LogP contribution in [0.15, 0.2) is 35.9 Å². The molecule has 18 heavy (non-hydrogen) atoms. The SMILES string of the molecule is CC1=CCN(C(=O)Cc2ccccc2CN)CC1. The fourth-order valence-electron chi connectivity index (χ4n) is 2.20. The summed E-state index contributed by atoms with van der Waals surface area (Å²) in [5.74, 6) is 0.194. The van der Waals surface area contributed by atoms with Crippen molar-refractivity contribution in [3.63, 3.8) is 0 Å². The van der Waals surface area contributed by atoms with Gasteiger partial charge in [-0.15, -0.1) is 0 Å². The summed E-state index contributed by atoms with van der Waals surface area (Å²) in [6.07, 6.45) is 3.58. The van der Waals surface area contributed by atoms with Crippen molar-refractivity contribution in [2.24, 2.45) is 5.73 Å². The molecule has 0 saturated heterocycles. The third-order valence-electron chi connectivity index (χ3n) is 3.47. The highest BCUT2D eigenvalue weighted by molar-refractivity contribution is 5.79. The van der Waals surface area contributed by atoms with E-state index in [1.165, 1.54) is 5.57 Å². The second-order valence-electron chi connectivity index (χ2n) is 4.79. The number of hydrogen-bond donors (Lipinski definition) is 1. The van der Waals surface area contributed by atoms with Crippen molar-refractivity contribution >= 4 is 5.91 Å². The second-order valence-corrected chi connectivity index (χ2v) is 4.79. The smallest absolute Gasteiger partial charge is 0.227 e. The Balaban J connectivity index is 2.03. The Morgan fingerprint density at radius 2 is 2.06 bits per heavy atom. The van der Waals surface area contributed by atoms with E-state index in [1.807, 2.05) is 29.2 Å². The van der Waals surface area contributed by atoms with Gasteiger partial charge < -0.3 is 10.6 Å². The summed E-state index contributed by atoms with van der Waals surface area (Å²) >= 11 is 0. The Morgan fingerprint density at radius 3 is 2.67 bits per heavy atom. The van der Waals surface area contributed by atoms with E-state index in [2.05, 4.69) is 13.0 Å². The summed E-state index contributed by atoms with van der Waals surface area (Å²) in [6, 6.07) is 7.90. The van der Waals surface area contributed by atoms with Crippen LogP contribution in [-0.2, 0) is 17.8 Å².